The lowest BCUT2D eigenvalue weighted by Gasteiger charge is -2.20. The molecule has 0 N–H and O–H groups in total. The molecule has 0 spiro atoms. The predicted molar refractivity (Wildman–Crippen MR) is 138 cm³/mol. The topological polar surface area (TPSA) is 209 Å². The Kier molecular flexibility index (Phi) is 17.9. The van der Waals surface area contributed by atoms with Crippen molar-refractivity contribution < 1.29 is 71.6 Å². The van der Waals surface area contributed by atoms with Crippen LogP contribution in [0, 0.1) is 0 Å². The summed E-state index contributed by atoms with van der Waals surface area (Å²) in [5, 5.41) is 0. The lowest BCUT2D eigenvalue weighted by Crippen LogP contribution is -2.33. The number of esters is 6. The second-order valence-corrected chi connectivity index (χ2v) is 9.63. The molecule has 0 saturated carbocycles. The Labute approximate surface area is 242 Å². The van der Waals surface area contributed by atoms with E-state index >= 15 is 0 Å². The highest BCUT2D eigenvalue weighted by Crippen LogP contribution is 2.09. The van der Waals surface area contributed by atoms with Gasteiger partial charge in [0, 0.05) is 0 Å². The van der Waals surface area contributed by atoms with Gasteiger partial charge in [0.2, 0.25) is 0 Å². The Bertz CT molecular complexity index is 961. The van der Waals surface area contributed by atoms with E-state index in [4.69, 9.17) is 28.4 Å². The average Bonchev–Trinajstić information content (AvgIpc) is 2.78. The van der Waals surface area contributed by atoms with Crippen molar-refractivity contribution in [3.63, 3.8) is 0 Å². The fourth-order valence-corrected chi connectivity index (χ4v) is 3.08. The van der Waals surface area contributed by atoms with Gasteiger partial charge in [0.05, 0.1) is 19.3 Å². The van der Waals surface area contributed by atoms with Gasteiger partial charge in [-0.3, -0.25) is 43.2 Å². The molecule has 0 heterocycles. The molecule has 15 heteroatoms. The number of ketones is 3. The van der Waals surface area contributed by atoms with Gasteiger partial charge in [0.15, 0.2) is 6.10 Å². The van der Waals surface area contributed by atoms with Gasteiger partial charge in [0.25, 0.3) is 0 Å². The maximum Gasteiger partial charge on any atom is 0.313 e. The van der Waals surface area contributed by atoms with E-state index in [1.54, 1.807) is 0 Å². The zero-order chi connectivity index (χ0) is 32.4. The number of Topliss-reactive ketones (excluding diaryl/α,β-unsaturated/α-hetero) is 3. The van der Waals surface area contributed by atoms with E-state index in [2.05, 4.69) is 0 Å². The maximum atomic E-state index is 12.4. The first-order chi connectivity index (χ1) is 19.5. The van der Waals surface area contributed by atoms with E-state index in [9.17, 15) is 43.2 Å². The summed E-state index contributed by atoms with van der Waals surface area (Å²) in [5.41, 5.74) is 0. The summed E-state index contributed by atoms with van der Waals surface area (Å²) in [5.74, 6) is -6.36. The van der Waals surface area contributed by atoms with Crippen molar-refractivity contribution in [2.45, 2.75) is 104 Å². The zero-order valence-electron chi connectivity index (χ0n) is 24.6. The fraction of sp³-hybridized carbons (Fsp3) is 0.667. The summed E-state index contributed by atoms with van der Waals surface area (Å²) in [6, 6.07) is 0. The normalized spacial score (nSPS) is 13.3. The smallest absolute Gasteiger partial charge is 0.313 e. The quantitative estimate of drug-likeness (QED) is 0.108. The van der Waals surface area contributed by atoms with E-state index in [0.29, 0.717) is 0 Å². The first-order valence-corrected chi connectivity index (χ1v) is 13.0. The van der Waals surface area contributed by atoms with Crippen molar-refractivity contribution in [2.24, 2.45) is 0 Å². The Balaban J connectivity index is 5.09. The Hall–Kier alpha value is -4.17. The molecule has 3 unspecified atom stereocenters. The van der Waals surface area contributed by atoms with Crippen LogP contribution in [0.25, 0.3) is 0 Å². The molecule has 0 aromatic heterocycles. The van der Waals surface area contributed by atoms with Gasteiger partial charge in [-0.2, -0.15) is 0 Å². The van der Waals surface area contributed by atoms with Gasteiger partial charge in [-0.25, -0.2) is 0 Å². The van der Waals surface area contributed by atoms with Crippen LogP contribution in [0.3, 0.4) is 0 Å². The monoisotopic (exact) mass is 602 g/mol. The number of hydrogen-bond donors (Lipinski definition) is 0. The van der Waals surface area contributed by atoms with Gasteiger partial charge in [-0.05, 0) is 41.5 Å². The molecule has 0 aromatic rings. The fourth-order valence-electron chi connectivity index (χ4n) is 3.08. The van der Waals surface area contributed by atoms with E-state index < -0.39 is 129 Å². The first-order valence-electron chi connectivity index (χ1n) is 13.0. The van der Waals surface area contributed by atoms with Crippen LogP contribution >= 0.6 is 0 Å². The molecular formula is C27H38O15. The molecular weight excluding hydrogens is 564 g/mol. The first kappa shape index (κ1) is 37.8. The van der Waals surface area contributed by atoms with Crippen LogP contribution in [0.15, 0.2) is 0 Å². The SMILES string of the molecule is CC(=O)CC(=O)OC(C)CC(=O)OCC(COC(=O)CC(C)OC(=O)CC(C)=O)OC(=O)CC(C)OC(=O)CC(C)=O. The molecule has 0 aromatic carbocycles. The molecule has 0 aliphatic rings. The second kappa shape index (κ2) is 19.8. The lowest BCUT2D eigenvalue weighted by atomic mass is 10.2. The summed E-state index contributed by atoms with van der Waals surface area (Å²) in [6.45, 7) is 6.64. The summed E-state index contributed by atoms with van der Waals surface area (Å²) < 4.78 is 30.2. The molecule has 0 saturated heterocycles. The van der Waals surface area contributed by atoms with Gasteiger partial charge >= 0.3 is 35.8 Å². The van der Waals surface area contributed by atoms with Gasteiger partial charge in [0.1, 0.15) is 68.1 Å². The lowest BCUT2D eigenvalue weighted by molar-refractivity contribution is -0.172. The third kappa shape index (κ3) is 20.7. The molecule has 42 heavy (non-hydrogen) atoms. The minimum absolute atomic E-state index is 0.392. The molecule has 0 radical (unpaired) electrons. The third-order valence-electron chi connectivity index (χ3n) is 4.70. The van der Waals surface area contributed by atoms with Crippen molar-refractivity contribution >= 4 is 53.2 Å². The predicted octanol–water partition coefficient (Wildman–Crippen LogP) is 0.887. The molecule has 236 valence electrons. The summed E-state index contributed by atoms with van der Waals surface area (Å²) in [6.07, 6.45) is -6.75. The van der Waals surface area contributed by atoms with Crippen LogP contribution in [0.5, 0.6) is 0 Å². The maximum absolute atomic E-state index is 12.4. The van der Waals surface area contributed by atoms with E-state index in [0.717, 1.165) is 0 Å². The van der Waals surface area contributed by atoms with Crippen molar-refractivity contribution in [1.82, 2.24) is 0 Å². The Morgan fingerprint density at radius 3 is 1.00 bits per heavy atom. The largest absolute Gasteiger partial charge is 0.462 e. The van der Waals surface area contributed by atoms with Crippen LogP contribution in [0.2, 0.25) is 0 Å². The molecule has 15 nitrogen and oxygen atoms in total. The molecule has 0 rings (SSSR count). The van der Waals surface area contributed by atoms with Crippen LogP contribution in [-0.2, 0) is 71.6 Å². The number of carbonyl (C=O) groups is 9. The Morgan fingerprint density at radius 1 is 0.429 bits per heavy atom. The molecule has 0 aliphatic carbocycles. The highest BCUT2D eigenvalue weighted by atomic mass is 16.6. The zero-order valence-corrected chi connectivity index (χ0v) is 24.6. The van der Waals surface area contributed by atoms with E-state index in [1.165, 1.54) is 41.5 Å². The van der Waals surface area contributed by atoms with Crippen molar-refractivity contribution in [2.75, 3.05) is 13.2 Å². The highest BCUT2D eigenvalue weighted by molar-refractivity contribution is 5.95. The highest BCUT2D eigenvalue weighted by Gasteiger charge is 2.24. The third-order valence-corrected chi connectivity index (χ3v) is 4.70. The van der Waals surface area contributed by atoms with Crippen molar-refractivity contribution in [3.8, 4) is 0 Å². The van der Waals surface area contributed by atoms with Gasteiger partial charge in [-0.1, -0.05) is 0 Å². The van der Waals surface area contributed by atoms with Crippen molar-refractivity contribution in [3.05, 3.63) is 0 Å². The number of ether oxygens (including phenoxy) is 6. The molecule has 0 bridgehead atoms. The van der Waals surface area contributed by atoms with Crippen LogP contribution < -0.4 is 0 Å². The van der Waals surface area contributed by atoms with Gasteiger partial charge in [-0.15, -0.1) is 0 Å². The minimum atomic E-state index is -1.31. The molecule has 3 atom stereocenters. The summed E-state index contributed by atoms with van der Waals surface area (Å²) >= 11 is 0. The molecule has 0 amide bonds. The van der Waals surface area contributed by atoms with Crippen molar-refractivity contribution in [1.29, 1.82) is 0 Å². The van der Waals surface area contributed by atoms with Crippen LogP contribution in [0.1, 0.15) is 80.1 Å². The van der Waals surface area contributed by atoms with Crippen LogP contribution in [0.4, 0.5) is 0 Å². The summed E-state index contributed by atoms with van der Waals surface area (Å²) in [7, 11) is 0. The summed E-state index contributed by atoms with van der Waals surface area (Å²) in [4.78, 5) is 105. The molecule has 0 aliphatic heterocycles. The standard InChI is InChI=1S/C27H38O15/c1-15(28)7-24(33)39-18(4)10-22(31)37-13-21(42-27(36)12-20(6)41-26(35)9-17(3)30)14-38-23(32)11-19(5)40-25(34)8-16(2)29/h18-21H,7-14H2,1-6H3. The molecule has 0 fully saturated rings. The number of carbonyl (C=O) groups excluding carboxylic acids is 9. The number of hydrogen-bond acceptors (Lipinski definition) is 15. The number of rotatable bonds is 20. The van der Waals surface area contributed by atoms with Crippen LogP contribution in [-0.4, -0.2) is 90.8 Å². The van der Waals surface area contributed by atoms with E-state index in [1.807, 2.05) is 0 Å². The Morgan fingerprint density at radius 2 is 0.714 bits per heavy atom. The minimum Gasteiger partial charge on any atom is -0.462 e. The average molecular weight is 603 g/mol. The van der Waals surface area contributed by atoms with Gasteiger partial charge < -0.3 is 28.4 Å². The van der Waals surface area contributed by atoms with E-state index in [-0.39, 0.29) is 0 Å². The second-order valence-electron chi connectivity index (χ2n) is 9.63.